The minimum absolute atomic E-state index is 0.00821. The first kappa shape index (κ1) is 26.1. The van der Waals surface area contributed by atoms with Crippen molar-refractivity contribution in [1.82, 2.24) is 19.8 Å². The second kappa shape index (κ2) is 11.4. The van der Waals surface area contributed by atoms with Crippen LogP contribution in [0.25, 0.3) is 0 Å². The molecule has 0 saturated heterocycles. The van der Waals surface area contributed by atoms with E-state index in [4.69, 9.17) is 4.74 Å². The number of likely N-dealkylation sites (N-methyl/N-ethyl adjacent to an activating group) is 1. The van der Waals surface area contributed by atoms with Gasteiger partial charge in [-0.05, 0) is 63.4 Å². The third kappa shape index (κ3) is 6.22. The largest absolute Gasteiger partial charge is 0.472 e. The monoisotopic (exact) mass is 492 g/mol. The third-order valence-corrected chi connectivity index (χ3v) is 7.08. The van der Waals surface area contributed by atoms with E-state index in [9.17, 15) is 15.0 Å². The molecule has 1 aliphatic carbocycles. The maximum atomic E-state index is 13.6. The van der Waals surface area contributed by atoms with Crippen LogP contribution in [0.1, 0.15) is 61.0 Å². The molecule has 36 heavy (non-hydrogen) atoms. The van der Waals surface area contributed by atoms with Crippen molar-refractivity contribution in [3.63, 3.8) is 0 Å². The Kier molecular flexibility index (Phi) is 8.24. The van der Waals surface area contributed by atoms with Crippen molar-refractivity contribution in [1.29, 1.82) is 0 Å². The number of aliphatic hydroxyl groups is 2. The zero-order valence-electron chi connectivity index (χ0n) is 21.4. The molecule has 0 bridgehead atoms. The van der Waals surface area contributed by atoms with Crippen LogP contribution < -0.4 is 4.74 Å². The van der Waals surface area contributed by atoms with E-state index < -0.39 is 5.60 Å². The number of ether oxygens (including phenoxy) is 1. The number of nitrogens with zero attached hydrogens (tertiary/aromatic N) is 4. The molecule has 1 fully saturated rings. The van der Waals surface area contributed by atoms with Crippen molar-refractivity contribution in [2.24, 2.45) is 5.92 Å². The summed E-state index contributed by atoms with van der Waals surface area (Å²) in [6, 6.07) is 5.32. The number of pyridine rings is 2. The maximum absolute atomic E-state index is 13.6. The molecular weight excluding hydrogens is 456 g/mol. The average molecular weight is 493 g/mol. The lowest BCUT2D eigenvalue weighted by Crippen LogP contribution is -2.49. The van der Waals surface area contributed by atoms with E-state index >= 15 is 0 Å². The molecule has 3 atom stereocenters. The van der Waals surface area contributed by atoms with Crippen LogP contribution in [0.3, 0.4) is 0 Å². The minimum Gasteiger partial charge on any atom is -0.472 e. The van der Waals surface area contributed by atoms with Gasteiger partial charge in [0.05, 0.1) is 12.6 Å². The van der Waals surface area contributed by atoms with Gasteiger partial charge in [0, 0.05) is 49.7 Å². The highest BCUT2D eigenvalue weighted by atomic mass is 16.5. The Morgan fingerprint density at radius 1 is 1.31 bits per heavy atom. The molecule has 4 rings (SSSR count). The average Bonchev–Trinajstić information content (AvgIpc) is 3.31. The van der Waals surface area contributed by atoms with Gasteiger partial charge in [-0.15, -0.1) is 0 Å². The van der Waals surface area contributed by atoms with Crippen molar-refractivity contribution >= 4 is 5.91 Å². The predicted molar refractivity (Wildman–Crippen MR) is 136 cm³/mol. The predicted octanol–water partition coefficient (Wildman–Crippen LogP) is 2.49. The fraction of sp³-hybridized carbons (Fsp3) is 0.536. The van der Waals surface area contributed by atoms with Crippen LogP contribution in [0.5, 0.6) is 5.88 Å². The molecule has 2 aromatic rings. The standard InChI is InChI=1S/C28H36N4O4/c1-20-16-32(21(2)19-33)27(34)24-14-23(6-11-28(35)9-4-5-10-28)15-30-26(24)36-25(20)18-31(3)17-22-7-12-29-13-8-22/h7-8,12-15,20-21,25,33,35H,4-5,9-10,16-19H2,1-3H3/t20-,21+,25-/m1/s1. The van der Waals surface area contributed by atoms with Crippen LogP contribution in [0.15, 0.2) is 36.8 Å². The van der Waals surface area contributed by atoms with E-state index in [1.54, 1.807) is 29.6 Å². The number of fused-ring (bicyclic) bond motifs is 1. The number of aliphatic hydroxyl groups excluding tert-OH is 1. The lowest BCUT2D eigenvalue weighted by atomic mass is 9.99. The highest BCUT2D eigenvalue weighted by Crippen LogP contribution is 2.30. The summed E-state index contributed by atoms with van der Waals surface area (Å²) in [5, 5.41) is 20.5. The molecule has 2 aromatic heterocycles. The molecule has 2 N–H and O–H groups in total. The number of aromatic nitrogens is 2. The number of hydrogen-bond donors (Lipinski definition) is 2. The number of rotatable bonds is 6. The van der Waals surface area contributed by atoms with Crippen LogP contribution in [-0.2, 0) is 6.54 Å². The minimum atomic E-state index is -0.970. The molecule has 3 heterocycles. The molecule has 1 amide bonds. The van der Waals surface area contributed by atoms with Gasteiger partial charge in [0.15, 0.2) is 0 Å². The fourth-order valence-electron chi connectivity index (χ4n) is 4.83. The molecular formula is C28H36N4O4. The van der Waals surface area contributed by atoms with E-state index in [0.29, 0.717) is 37.1 Å². The van der Waals surface area contributed by atoms with Gasteiger partial charge in [-0.3, -0.25) is 14.7 Å². The number of carbonyl (C=O) groups is 1. The van der Waals surface area contributed by atoms with E-state index in [0.717, 1.165) is 24.9 Å². The highest BCUT2D eigenvalue weighted by Gasteiger charge is 2.34. The van der Waals surface area contributed by atoms with Gasteiger partial charge in [0.2, 0.25) is 5.88 Å². The van der Waals surface area contributed by atoms with Crippen LogP contribution in [0, 0.1) is 17.8 Å². The SMILES string of the molecule is C[C@@H]1CN([C@@H](C)CO)C(=O)c2cc(C#CC3(O)CCCC3)cnc2O[C@@H]1CN(C)Cc1ccncc1. The summed E-state index contributed by atoms with van der Waals surface area (Å²) in [4.78, 5) is 26.0. The molecule has 0 radical (unpaired) electrons. The summed E-state index contributed by atoms with van der Waals surface area (Å²) >= 11 is 0. The van der Waals surface area contributed by atoms with Crippen molar-refractivity contribution in [3.05, 3.63) is 53.5 Å². The van der Waals surface area contributed by atoms with Gasteiger partial charge >= 0.3 is 0 Å². The zero-order chi connectivity index (χ0) is 25.7. The second-order valence-electron chi connectivity index (χ2n) is 10.2. The van der Waals surface area contributed by atoms with Crippen molar-refractivity contribution < 1.29 is 19.7 Å². The molecule has 1 aliphatic heterocycles. The van der Waals surface area contributed by atoms with Crippen molar-refractivity contribution in [3.8, 4) is 17.7 Å². The van der Waals surface area contributed by atoms with Gasteiger partial charge in [-0.25, -0.2) is 4.98 Å². The van der Waals surface area contributed by atoms with Gasteiger partial charge in [-0.1, -0.05) is 18.8 Å². The summed E-state index contributed by atoms with van der Waals surface area (Å²) in [5.74, 6) is 6.05. The van der Waals surface area contributed by atoms with E-state index in [1.165, 1.54) is 0 Å². The molecule has 192 valence electrons. The first-order valence-corrected chi connectivity index (χ1v) is 12.7. The topological polar surface area (TPSA) is 99.0 Å². The maximum Gasteiger partial charge on any atom is 0.259 e. The Hall–Kier alpha value is -2.99. The van der Waals surface area contributed by atoms with E-state index in [-0.39, 0.29) is 36.5 Å². The van der Waals surface area contributed by atoms with Gasteiger partial charge < -0.3 is 19.8 Å². The van der Waals surface area contributed by atoms with Crippen LogP contribution >= 0.6 is 0 Å². The first-order chi connectivity index (χ1) is 17.3. The first-order valence-electron chi connectivity index (χ1n) is 12.7. The number of amides is 1. The van der Waals surface area contributed by atoms with Crippen LogP contribution in [0.2, 0.25) is 0 Å². The lowest BCUT2D eigenvalue weighted by Gasteiger charge is -2.37. The summed E-state index contributed by atoms with van der Waals surface area (Å²) in [5.41, 5.74) is 1.07. The van der Waals surface area contributed by atoms with Crippen LogP contribution in [0.4, 0.5) is 0 Å². The molecule has 8 heteroatoms. The lowest BCUT2D eigenvalue weighted by molar-refractivity contribution is 0.0325. The molecule has 0 aromatic carbocycles. The Balaban J connectivity index is 1.61. The molecule has 1 saturated carbocycles. The quantitative estimate of drug-likeness (QED) is 0.598. The fourth-order valence-corrected chi connectivity index (χ4v) is 4.83. The van der Waals surface area contributed by atoms with Crippen LogP contribution in [-0.4, -0.2) is 80.4 Å². The van der Waals surface area contributed by atoms with Gasteiger partial charge in [0.25, 0.3) is 5.91 Å². The van der Waals surface area contributed by atoms with Gasteiger partial charge in [-0.2, -0.15) is 0 Å². The van der Waals surface area contributed by atoms with E-state index in [2.05, 4.69) is 33.6 Å². The van der Waals surface area contributed by atoms with Crippen molar-refractivity contribution in [2.45, 2.75) is 63.8 Å². The third-order valence-electron chi connectivity index (χ3n) is 7.08. The summed E-state index contributed by atoms with van der Waals surface area (Å²) < 4.78 is 6.37. The number of carbonyl (C=O) groups excluding carboxylic acids is 1. The van der Waals surface area contributed by atoms with E-state index in [1.807, 2.05) is 26.1 Å². The Morgan fingerprint density at radius 2 is 2.03 bits per heavy atom. The highest BCUT2D eigenvalue weighted by molar-refractivity contribution is 5.97. The molecule has 8 nitrogen and oxygen atoms in total. The summed E-state index contributed by atoms with van der Waals surface area (Å²) in [6.45, 7) is 5.58. The number of hydrogen-bond acceptors (Lipinski definition) is 7. The van der Waals surface area contributed by atoms with Crippen molar-refractivity contribution in [2.75, 3.05) is 26.7 Å². The molecule has 0 unspecified atom stereocenters. The Bertz CT molecular complexity index is 1110. The van der Waals surface area contributed by atoms with Gasteiger partial charge in [0.1, 0.15) is 17.3 Å². The second-order valence-corrected chi connectivity index (χ2v) is 10.2. The smallest absolute Gasteiger partial charge is 0.259 e. The molecule has 0 spiro atoms. The Labute approximate surface area is 213 Å². The summed E-state index contributed by atoms with van der Waals surface area (Å²) in [7, 11) is 2.04. The zero-order valence-corrected chi connectivity index (χ0v) is 21.4. The normalized spacial score (nSPS) is 22.2. The molecule has 2 aliphatic rings. The Morgan fingerprint density at radius 3 is 2.72 bits per heavy atom. The summed E-state index contributed by atoms with van der Waals surface area (Å²) in [6.07, 6.45) is 8.19.